The Balaban J connectivity index is 1.91. The Kier molecular flexibility index (Phi) is 4.37. The molecule has 0 spiro atoms. The van der Waals surface area contributed by atoms with Crippen molar-refractivity contribution in [3.63, 3.8) is 0 Å². The van der Waals surface area contributed by atoms with Crippen LogP contribution < -0.4 is 5.73 Å². The number of hydrogen-bond donors (Lipinski definition) is 1. The highest BCUT2D eigenvalue weighted by Gasteiger charge is 2.19. The monoisotopic (exact) mass is 265 g/mol. The molecular formula is C14H20FN3O. The molecule has 2 N–H and O–H groups in total. The van der Waals surface area contributed by atoms with Crippen LogP contribution >= 0.6 is 0 Å². The van der Waals surface area contributed by atoms with Gasteiger partial charge in [0.2, 0.25) is 5.91 Å². The molecule has 0 aromatic heterocycles. The molecule has 1 saturated heterocycles. The molecular weight excluding hydrogens is 245 g/mol. The lowest BCUT2D eigenvalue weighted by Crippen LogP contribution is -2.37. The molecule has 1 aliphatic heterocycles. The molecule has 104 valence electrons. The molecule has 1 aromatic carbocycles. The van der Waals surface area contributed by atoms with E-state index in [0.717, 1.165) is 31.5 Å². The summed E-state index contributed by atoms with van der Waals surface area (Å²) in [5.41, 5.74) is 7.08. The first-order valence-electron chi connectivity index (χ1n) is 6.56. The van der Waals surface area contributed by atoms with Gasteiger partial charge in [-0.05, 0) is 43.7 Å². The van der Waals surface area contributed by atoms with E-state index >= 15 is 0 Å². The summed E-state index contributed by atoms with van der Waals surface area (Å²) in [7, 11) is 1.85. The molecule has 0 unspecified atom stereocenters. The highest BCUT2D eigenvalue weighted by Crippen LogP contribution is 2.15. The van der Waals surface area contributed by atoms with Crippen molar-refractivity contribution in [2.45, 2.75) is 19.4 Å². The van der Waals surface area contributed by atoms with Gasteiger partial charge in [0.25, 0.3) is 0 Å². The molecule has 1 fully saturated rings. The smallest absolute Gasteiger partial charge is 0.236 e. The van der Waals surface area contributed by atoms with Gasteiger partial charge in [-0.1, -0.05) is 0 Å². The first kappa shape index (κ1) is 13.8. The van der Waals surface area contributed by atoms with Crippen molar-refractivity contribution in [1.29, 1.82) is 0 Å². The summed E-state index contributed by atoms with van der Waals surface area (Å²) in [4.78, 5) is 15.7. The van der Waals surface area contributed by atoms with Crippen molar-refractivity contribution in [3.05, 3.63) is 29.6 Å². The zero-order valence-corrected chi connectivity index (χ0v) is 11.2. The third-order valence-corrected chi connectivity index (χ3v) is 3.41. The average Bonchev–Trinajstić information content (AvgIpc) is 2.87. The van der Waals surface area contributed by atoms with Crippen molar-refractivity contribution in [3.8, 4) is 0 Å². The van der Waals surface area contributed by atoms with Crippen LogP contribution in [-0.2, 0) is 11.3 Å². The summed E-state index contributed by atoms with van der Waals surface area (Å²) >= 11 is 0. The van der Waals surface area contributed by atoms with Crippen LogP contribution in [-0.4, -0.2) is 42.4 Å². The van der Waals surface area contributed by atoms with Gasteiger partial charge in [0, 0.05) is 25.3 Å². The number of likely N-dealkylation sites (N-methyl/N-ethyl adjacent to an activating group) is 1. The molecule has 0 bridgehead atoms. The second kappa shape index (κ2) is 6.02. The number of nitrogen functional groups attached to an aromatic ring is 1. The molecule has 5 heteroatoms. The summed E-state index contributed by atoms with van der Waals surface area (Å²) in [5, 5.41) is 0. The van der Waals surface area contributed by atoms with Crippen molar-refractivity contribution >= 4 is 11.6 Å². The molecule has 2 rings (SSSR count). The fourth-order valence-corrected chi connectivity index (χ4v) is 2.36. The highest BCUT2D eigenvalue weighted by atomic mass is 19.1. The third kappa shape index (κ3) is 3.67. The van der Waals surface area contributed by atoms with E-state index in [0.29, 0.717) is 18.8 Å². The molecule has 0 radical (unpaired) electrons. The molecule has 0 saturated carbocycles. The number of nitrogens with zero attached hydrogens (tertiary/aromatic N) is 2. The molecule has 4 nitrogen and oxygen atoms in total. The van der Waals surface area contributed by atoms with Crippen LogP contribution in [0.3, 0.4) is 0 Å². The maximum atomic E-state index is 13.2. The van der Waals surface area contributed by atoms with Gasteiger partial charge in [-0.2, -0.15) is 0 Å². The Morgan fingerprint density at radius 2 is 2.11 bits per heavy atom. The maximum absolute atomic E-state index is 13.2. The summed E-state index contributed by atoms with van der Waals surface area (Å²) in [6, 6.07) is 4.32. The van der Waals surface area contributed by atoms with E-state index < -0.39 is 0 Å². The largest absolute Gasteiger partial charge is 0.398 e. The molecule has 1 aromatic rings. The lowest BCUT2D eigenvalue weighted by molar-refractivity contribution is -0.131. The fraction of sp³-hybridized carbons (Fsp3) is 0.500. The molecule has 1 heterocycles. The van der Waals surface area contributed by atoms with Crippen molar-refractivity contribution in [2.24, 2.45) is 0 Å². The Bertz CT molecular complexity index is 458. The van der Waals surface area contributed by atoms with Crippen LogP contribution in [0, 0.1) is 5.82 Å². The maximum Gasteiger partial charge on any atom is 0.236 e. The number of carbonyl (C=O) groups is 1. The quantitative estimate of drug-likeness (QED) is 0.839. The molecule has 1 aliphatic rings. The van der Waals surface area contributed by atoms with Crippen LogP contribution in [0.2, 0.25) is 0 Å². The van der Waals surface area contributed by atoms with Gasteiger partial charge in [-0.25, -0.2) is 4.39 Å². The summed E-state index contributed by atoms with van der Waals surface area (Å²) in [5.74, 6) is -0.168. The summed E-state index contributed by atoms with van der Waals surface area (Å²) < 4.78 is 13.2. The molecule has 19 heavy (non-hydrogen) atoms. The second-order valence-electron chi connectivity index (χ2n) is 5.10. The van der Waals surface area contributed by atoms with Crippen LogP contribution in [0.1, 0.15) is 18.4 Å². The van der Waals surface area contributed by atoms with E-state index in [1.807, 2.05) is 16.8 Å². The number of nitrogens with two attached hydrogens (primary N) is 1. The minimum absolute atomic E-state index is 0.134. The number of halogens is 1. The van der Waals surface area contributed by atoms with E-state index in [-0.39, 0.29) is 11.7 Å². The van der Waals surface area contributed by atoms with Gasteiger partial charge in [-0.15, -0.1) is 0 Å². The third-order valence-electron chi connectivity index (χ3n) is 3.41. The van der Waals surface area contributed by atoms with Crippen molar-refractivity contribution in [1.82, 2.24) is 9.80 Å². The normalized spacial score (nSPS) is 15.2. The number of anilines is 1. The fourth-order valence-electron chi connectivity index (χ4n) is 2.36. The number of likely N-dealkylation sites (tertiary alicyclic amines) is 1. The Morgan fingerprint density at radius 1 is 1.42 bits per heavy atom. The minimum atomic E-state index is -0.302. The number of benzene rings is 1. The molecule has 0 aliphatic carbocycles. The van der Waals surface area contributed by atoms with Crippen molar-refractivity contribution < 1.29 is 9.18 Å². The first-order chi connectivity index (χ1) is 9.06. The zero-order valence-electron chi connectivity index (χ0n) is 11.2. The second-order valence-corrected chi connectivity index (χ2v) is 5.10. The van der Waals surface area contributed by atoms with Crippen LogP contribution in [0.5, 0.6) is 0 Å². The number of rotatable bonds is 4. The average molecular weight is 265 g/mol. The Morgan fingerprint density at radius 3 is 2.79 bits per heavy atom. The predicted octanol–water partition coefficient (Wildman–Crippen LogP) is 1.46. The Hall–Kier alpha value is -1.62. The predicted molar refractivity (Wildman–Crippen MR) is 73.0 cm³/mol. The van der Waals surface area contributed by atoms with E-state index in [4.69, 9.17) is 5.73 Å². The summed E-state index contributed by atoms with van der Waals surface area (Å²) in [6.07, 6.45) is 2.18. The van der Waals surface area contributed by atoms with E-state index in [1.54, 1.807) is 6.07 Å². The first-order valence-corrected chi connectivity index (χ1v) is 6.56. The SMILES string of the molecule is CN(CC(=O)N1CCCC1)Cc1cc(F)ccc1N. The van der Waals surface area contributed by atoms with Crippen LogP contribution in [0.15, 0.2) is 18.2 Å². The number of amides is 1. The number of carbonyl (C=O) groups excluding carboxylic acids is 1. The zero-order chi connectivity index (χ0) is 13.8. The van der Waals surface area contributed by atoms with Gasteiger partial charge in [0.15, 0.2) is 0 Å². The van der Waals surface area contributed by atoms with Gasteiger partial charge < -0.3 is 10.6 Å². The van der Waals surface area contributed by atoms with Crippen LogP contribution in [0.25, 0.3) is 0 Å². The van der Waals surface area contributed by atoms with E-state index in [9.17, 15) is 9.18 Å². The standard InChI is InChI=1S/C14H20FN3O/c1-17(10-14(19)18-6-2-3-7-18)9-11-8-12(15)4-5-13(11)16/h4-5,8H,2-3,6-7,9-10,16H2,1H3. The van der Waals surface area contributed by atoms with E-state index in [2.05, 4.69) is 0 Å². The molecule has 0 atom stereocenters. The lowest BCUT2D eigenvalue weighted by Gasteiger charge is -2.21. The van der Waals surface area contributed by atoms with Crippen molar-refractivity contribution in [2.75, 3.05) is 32.4 Å². The van der Waals surface area contributed by atoms with Gasteiger partial charge in [0.05, 0.1) is 6.54 Å². The topological polar surface area (TPSA) is 49.6 Å². The highest BCUT2D eigenvalue weighted by molar-refractivity contribution is 5.78. The van der Waals surface area contributed by atoms with Gasteiger partial charge >= 0.3 is 0 Å². The van der Waals surface area contributed by atoms with Gasteiger partial charge in [-0.3, -0.25) is 9.69 Å². The minimum Gasteiger partial charge on any atom is -0.398 e. The van der Waals surface area contributed by atoms with Crippen LogP contribution in [0.4, 0.5) is 10.1 Å². The summed E-state index contributed by atoms with van der Waals surface area (Å²) in [6.45, 7) is 2.53. The lowest BCUT2D eigenvalue weighted by atomic mass is 10.1. The number of hydrogen-bond acceptors (Lipinski definition) is 3. The Labute approximate surface area is 113 Å². The van der Waals surface area contributed by atoms with Gasteiger partial charge in [0.1, 0.15) is 5.82 Å². The van der Waals surface area contributed by atoms with E-state index in [1.165, 1.54) is 12.1 Å². The molecule has 1 amide bonds.